The number of hydrogen-bond donors (Lipinski definition) is 1. The van der Waals surface area contributed by atoms with Crippen LogP contribution in [-0.4, -0.2) is 38.0 Å². The van der Waals surface area contributed by atoms with Gasteiger partial charge < -0.3 is 10.1 Å². The van der Waals surface area contributed by atoms with Crippen molar-refractivity contribution in [1.29, 1.82) is 0 Å². The van der Waals surface area contributed by atoms with Gasteiger partial charge >= 0.3 is 0 Å². The normalized spacial score (nSPS) is 10.8. The number of hydrogen-bond acceptors (Lipinski definition) is 7. The van der Waals surface area contributed by atoms with E-state index in [1.165, 1.54) is 11.8 Å². The molecule has 9 heteroatoms. The van der Waals surface area contributed by atoms with Crippen LogP contribution in [0.25, 0.3) is 5.69 Å². The van der Waals surface area contributed by atoms with Crippen LogP contribution in [0.5, 0.6) is 5.75 Å². The van der Waals surface area contributed by atoms with E-state index in [2.05, 4.69) is 25.6 Å². The topological polar surface area (TPSA) is 94.8 Å². The number of ether oxygens (including phenoxy) is 1. The van der Waals surface area contributed by atoms with Crippen LogP contribution in [0.4, 0.5) is 0 Å². The number of methoxy groups -OCH3 is 1. The van der Waals surface area contributed by atoms with Crippen LogP contribution in [-0.2, 0) is 12.3 Å². The van der Waals surface area contributed by atoms with Crippen molar-refractivity contribution in [3.63, 3.8) is 0 Å². The van der Waals surface area contributed by atoms with Crippen molar-refractivity contribution >= 4 is 17.7 Å². The molecular formula is C24H24N6O2S. The largest absolute Gasteiger partial charge is 0.497 e. The zero-order chi connectivity index (χ0) is 23.2. The Morgan fingerprint density at radius 1 is 1.03 bits per heavy atom. The Kier molecular flexibility index (Phi) is 6.99. The first-order valence-corrected chi connectivity index (χ1v) is 11.4. The summed E-state index contributed by atoms with van der Waals surface area (Å²) >= 11 is 1.44. The third-order valence-corrected chi connectivity index (χ3v) is 5.75. The summed E-state index contributed by atoms with van der Waals surface area (Å²) in [5.41, 5.74) is 4.52. The zero-order valence-electron chi connectivity index (χ0n) is 18.6. The molecule has 1 amide bonds. The SMILES string of the molecule is COc1ccc(-n2nnc(C(=O)NCc3ccccc3)c2CSc2nc(C)cc(C)n2)cc1. The number of aryl methyl sites for hydroxylation is 2. The number of amides is 1. The monoisotopic (exact) mass is 460 g/mol. The van der Waals surface area contributed by atoms with Crippen LogP contribution in [0.1, 0.15) is 33.1 Å². The fraction of sp³-hybridized carbons (Fsp3) is 0.208. The number of carbonyl (C=O) groups excluding carboxylic acids is 1. The molecule has 0 saturated heterocycles. The highest BCUT2D eigenvalue weighted by molar-refractivity contribution is 7.98. The first-order valence-electron chi connectivity index (χ1n) is 10.4. The molecule has 8 nitrogen and oxygen atoms in total. The maximum Gasteiger partial charge on any atom is 0.274 e. The molecule has 1 N–H and O–H groups in total. The average Bonchev–Trinajstić information content (AvgIpc) is 3.25. The second kappa shape index (κ2) is 10.3. The Morgan fingerprint density at radius 2 is 1.73 bits per heavy atom. The summed E-state index contributed by atoms with van der Waals surface area (Å²) in [5, 5.41) is 12.1. The van der Waals surface area contributed by atoms with Crippen LogP contribution >= 0.6 is 11.8 Å². The first-order chi connectivity index (χ1) is 16.0. The molecule has 0 spiro atoms. The molecule has 0 radical (unpaired) electrons. The van der Waals surface area contributed by atoms with Gasteiger partial charge in [0.2, 0.25) is 0 Å². The van der Waals surface area contributed by atoms with Crippen molar-refractivity contribution in [3.05, 3.63) is 89.0 Å². The molecule has 168 valence electrons. The number of carbonyl (C=O) groups is 1. The average molecular weight is 461 g/mol. The molecule has 0 bridgehead atoms. The number of thioether (sulfide) groups is 1. The molecule has 2 aromatic heterocycles. The van der Waals surface area contributed by atoms with Crippen molar-refractivity contribution in [1.82, 2.24) is 30.3 Å². The Bertz CT molecular complexity index is 1220. The lowest BCUT2D eigenvalue weighted by Gasteiger charge is -2.09. The van der Waals surface area contributed by atoms with Gasteiger partial charge in [0.15, 0.2) is 10.9 Å². The third kappa shape index (κ3) is 5.56. The Hall–Kier alpha value is -3.72. The Labute approximate surface area is 196 Å². The predicted molar refractivity (Wildman–Crippen MR) is 127 cm³/mol. The summed E-state index contributed by atoms with van der Waals surface area (Å²) in [4.78, 5) is 22.0. The van der Waals surface area contributed by atoms with Gasteiger partial charge in [0.25, 0.3) is 5.91 Å². The van der Waals surface area contributed by atoms with E-state index in [4.69, 9.17) is 4.74 Å². The number of nitrogens with one attached hydrogen (secondary N) is 1. The van der Waals surface area contributed by atoms with Gasteiger partial charge in [0, 0.05) is 23.7 Å². The third-order valence-electron chi connectivity index (χ3n) is 4.89. The second-order valence-corrected chi connectivity index (χ2v) is 8.33. The van der Waals surface area contributed by atoms with Gasteiger partial charge in [0.05, 0.1) is 18.5 Å². The van der Waals surface area contributed by atoms with E-state index in [1.54, 1.807) is 11.8 Å². The smallest absolute Gasteiger partial charge is 0.274 e. The second-order valence-electron chi connectivity index (χ2n) is 7.38. The van der Waals surface area contributed by atoms with Crippen molar-refractivity contribution < 1.29 is 9.53 Å². The molecule has 33 heavy (non-hydrogen) atoms. The van der Waals surface area contributed by atoms with E-state index in [0.29, 0.717) is 23.1 Å². The maximum atomic E-state index is 13.0. The number of nitrogens with zero attached hydrogens (tertiary/aromatic N) is 5. The minimum absolute atomic E-state index is 0.277. The fourth-order valence-electron chi connectivity index (χ4n) is 3.29. The van der Waals surface area contributed by atoms with Gasteiger partial charge in [-0.1, -0.05) is 47.3 Å². The molecule has 0 aliphatic carbocycles. The van der Waals surface area contributed by atoms with Crippen LogP contribution in [0, 0.1) is 13.8 Å². The maximum absolute atomic E-state index is 13.0. The van der Waals surface area contributed by atoms with Crippen molar-refractivity contribution in [2.45, 2.75) is 31.3 Å². The highest BCUT2D eigenvalue weighted by Crippen LogP contribution is 2.24. The summed E-state index contributed by atoms with van der Waals surface area (Å²) < 4.78 is 6.92. The van der Waals surface area contributed by atoms with Crippen molar-refractivity contribution in [2.24, 2.45) is 0 Å². The molecule has 0 saturated carbocycles. The van der Waals surface area contributed by atoms with Gasteiger partial charge in [-0.05, 0) is 49.7 Å². The van der Waals surface area contributed by atoms with E-state index >= 15 is 0 Å². The van der Waals surface area contributed by atoms with Gasteiger partial charge in [-0.2, -0.15) is 0 Å². The molecule has 0 fully saturated rings. The minimum atomic E-state index is -0.282. The predicted octanol–water partition coefficient (Wildman–Crippen LogP) is 3.91. The number of aromatic nitrogens is 5. The zero-order valence-corrected chi connectivity index (χ0v) is 19.5. The molecular weight excluding hydrogens is 436 g/mol. The summed E-state index contributed by atoms with van der Waals surface area (Å²) in [5.74, 6) is 0.880. The summed E-state index contributed by atoms with van der Waals surface area (Å²) in [6, 6.07) is 19.1. The number of benzene rings is 2. The summed E-state index contributed by atoms with van der Waals surface area (Å²) in [7, 11) is 1.62. The Balaban J connectivity index is 1.62. The van der Waals surface area contributed by atoms with E-state index in [0.717, 1.165) is 28.4 Å². The highest BCUT2D eigenvalue weighted by atomic mass is 32.2. The standard InChI is InChI=1S/C24H24N6O2S/c1-16-13-17(2)27-24(26-16)33-15-21-22(23(31)25-14-18-7-5-4-6-8-18)28-29-30(21)19-9-11-20(32-3)12-10-19/h4-13H,14-15H2,1-3H3,(H,25,31). The van der Waals surface area contributed by atoms with Gasteiger partial charge in [-0.25, -0.2) is 14.6 Å². The number of rotatable bonds is 8. The van der Waals surface area contributed by atoms with Crippen molar-refractivity contribution in [2.75, 3.05) is 7.11 Å². The van der Waals surface area contributed by atoms with Gasteiger partial charge in [0.1, 0.15) is 5.75 Å². The van der Waals surface area contributed by atoms with Crippen LogP contribution < -0.4 is 10.1 Å². The molecule has 2 aromatic carbocycles. The molecule has 0 aliphatic heterocycles. The van der Waals surface area contributed by atoms with E-state index < -0.39 is 0 Å². The molecule has 4 rings (SSSR count). The molecule has 4 aromatic rings. The minimum Gasteiger partial charge on any atom is -0.497 e. The van der Waals surface area contributed by atoms with E-state index in [-0.39, 0.29) is 11.6 Å². The van der Waals surface area contributed by atoms with E-state index in [1.807, 2.05) is 74.5 Å². The Morgan fingerprint density at radius 3 is 2.39 bits per heavy atom. The first kappa shape index (κ1) is 22.5. The lowest BCUT2D eigenvalue weighted by Crippen LogP contribution is -2.24. The fourth-order valence-corrected chi connectivity index (χ4v) is 4.23. The van der Waals surface area contributed by atoms with Crippen LogP contribution in [0.2, 0.25) is 0 Å². The van der Waals surface area contributed by atoms with Gasteiger partial charge in [-0.15, -0.1) is 5.10 Å². The molecule has 2 heterocycles. The highest BCUT2D eigenvalue weighted by Gasteiger charge is 2.21. The van der Waals surface area contributed by atoms with Crippen LogP contribution in [0.3, 0.4) is 0 Å². The van der Waals surface area contributed by atoms with Crippen molar-refractivity contribution in [3.8, 4) is 11.4 Å². The molecule has 0 aliphatic rings. The molecule has 0 unspecified atom stereocenters. The quantitative estimate of drug-likeness (QED) is 0.315. The van der Waals surface area contributed by atoms with E-state index in [9.17, 15) is 4.79 Å². The lowest BCUT2D eigenvalue weighted by atomic mass is 10.2. The molecule has 0 atom stereocenters. The lowest BCUT2D eigenvalue weighted by molar-refractivity contribution is 0.0945. The van der Waals surface area contributed by atoms with Crippen LogP contribution in [0.15, 0.2) is 65.8 Å². The van der Waals surface area contributed by atoms with Gasteiger partial charge in [-0.3, -0.25) is 4.79 Å². The summed E-state index contributed by atoms with van der Waals surface area (Å²) in [6.45, 7) is 4.27. The summed E-state index contributed by atoms with van der Waals surface area (Å²) in [6.07, 6.45) is 0.